The molecular weight excluding hydrogens is 337 g/mol. The molecule has 0 spiro atoms. The van der Waals surface area contributed by atoms with E-state index >= 15 is 0 Å². The lowest BCUT2D eigenvalue weighted by molar-refractivity contribution is -0.126. The molecule has 5 heteroatoms. The van der Waals surface area contributed by atoms with Crippen LogP contribution in [0, 0.1) is 11.7 Å². The van der Waals surface area contributed by atoms with E-state index in [-0.39, 0.29) is 27.9 Å². The Hall–Kier alpha value is -1.46. The Balaban J connectivity index is 1.86. The van der Waals surface area contributed by atoms with Crippen molar-refractivity contribution in [1.82, 2.24) is 4.90 Å². The quantitative estimate of drug-likeness (QED) is 0.739. The van der Waals surface area contributed by atoms with E-state index in [1.807, 2.05) is 13.0 Å². The van der Waals surface area contributed by atoms with Gasteiger partial charge < -0.3 is 0 Å². The molecule has 3 rings (SSSR count). The summed E-state index contributed by atoms with van der Waals surface area (Å²) in [6.07, 6.45) is 4.66. The second-order valence-corrected chi connectivity index (χ2v) is 8.20. The van der Waals surface area contributed by atoms with Crippen molar-refractivity contribution in [1.29, 1.82) is 0 Å². The number of benzene rings is 1. The molecule has 0 N–H and O–H groups in total. The van der Waals surface area contributed by atoms with E-state index in [1.54, 1.807) is 25.1 Å². The molecule has 1 saturated heterocycles. The number of thioether (sulfide) groups is 1. The minimum Gasteiger partial charge on any atom is -0.297 e. The van der Waals surface area contributed by atoms with Crippen LogP contribution in [0.2, 0.25) is 0 Å². The van der Waals surface area contributed by atoms with E-state index in [0.29, 0.717) is 18.7 Å². The number of carbonyl (C=O) groups is 2. The molecule has 3 nitrogen and oxygen atoms in total. The number of rotatable bonds is 5. The molecule has 0 radical (unpaired) electrons. The fraction of sp³-hybridized carbons (Fsp3) is 0.500. The van der Waals surface area contributed by atoms with E-state index in [0.717, 1.165) is 24.8 Å². The lowest BCUT2D eigenvalue weighted by Crippen LogP contribution is -2.43. The number of allylic oxidation sites excluding steroid dienone is 1. The summed E-state index contributed by atoms with van der Waals surface area (Å²) in [5, 5.41) is 0.272. The van der Waals surface area contributed by atoms with Crippen molar-refractivity contribution in [3.8, 4) is 0 Å². The molecule has 0 aromatic heterocycles. The van der Waals surface area contributed by atoms with Crippen molar-refractivity contribution >= 4 is 22.7 Å². The van der Waals surface area contributed by atoms with Crippen LogP contribution in [0.5, 0.6) is 0 Å². The van der Waals surface area contributed by atoms with Gasteiger partial charge in [0.25, 0.3) is 0 Å². The van der Waals surface area contributed by atoms with Crippen molar-refractivity contribution in [3.05, 3.63) is 47.3 Å². The zero-order valence-corrected chi connectivity index (χ0v) is 15.5. The van der Waals surface area contributed by atoms with E-state index in [4.69, 9.17) is 0 Å². The zero-order valence-electron chi connectivity index (χ0n) is 14.7. The van der Waals surface area contributed by atoms with Gasteiger partial charge in [0.2, 0.25) is 0 Å². The molecule has 1 heterocycles. The molecule has 1 aromatic carbocycles. The van der Waals surface area contributed by atoms with Gasteiger partial charge in [-0.15, -0.1) is 0 Å². The first-order valence-electron chi connectivity index (χ1n) is 8.85. The summed E-state index contributed by atoms with van der Waals surface area (Å²) in [7, 11) is 0. The minimum absolute atomic E-state index is 0.0722. The van der Waals surface area contributed by atoms with Gasteiger partial charge in [0.1, 0.15) is 5.82 Å². The summed E-state index contributed by atoms with van der Waals surface area (Å²) in [5.41, 5.74) is 1.63. The van der Waals surface area contributed by atoms with Gasteiger partial charge in [-0.05, 0) is 37.8 Å². The second-order valence-electron chi connectivity index (χ2n) is 6.82. The van der Waals surface area contributed by atoms with Gasteiger partial charge in [0, 0.05) is 36.7 Å². The first-order valence-corrected chi connectivity index (χ1v) is 9.73. The van der Waals surface area contributed by atoms with Gasteiger partial charge in [-0.1, -0.05) is 36.0 Å². The summed E-state index contributed by atoms with van der Waals surface area (Å²) in [4.78, 5) is 26.5. The van der Waals surface area contributed by atoms with Gasteiger partial charge in [0.15, 0.2) is 10.9 Å². The fourth-order valence-electron chi connectivity index (χ4n) is 3.53. The number of ketones is 1. The van der Waals surface area contributed by atoms with Gasteiger partial charge in [-0.25, -0.2) is 4.39 Å². The predicted octanol–water partition coefficient (Wildman–Crippen LogP) is 4.15. The molecule has 2 unspecified atom stereocenters. The van der Waals surface area contributed by atoms with Gasteiger partial charge in [-0.2, -0.15) is 0 Å². The van der Waals surface area contributed by atoms with Crippen molar-refractivity contribution in [2.45, 2.75) is 44.4 Å². The summed E-state index contributed by atoms with van der Waals surface area (Å²) < 4.78 is 14.4. The Morgan fingerprint density at radius 1 is 1.28 bits per heavy atom. The molecule has 0 bridgehead atoms. The van der Waals surface area contributed by atoms with E-state index in [9.17, 15) is 14.0 Å². The number of piperidine rings is 1. The van der Waals surface area contributed by atoms with Crippen LogP contribution < -0.4 is 0 Å². The molecule has 2 fully saturated rings. The van der Waals surface area contributed by atoms with Crippen LogP contribution in [-0.2, 0) is 9.59 Å². The largest absolute Gasteiger partial charge is 0.297 e. The maximum atomic E-state index is 14.4. The van der Waals surface area contributed by atoms with Crippen molar-refractivity contribution < 1.29 is 14.0 Å². The molecule has 1 aromatic rings. The topological polar surface area (TPSA) is 37.4 Å². The van der Waals surface area contributed by atoms with E-state index in [1.165, 1.54) is 17.8 Å². The minimum atomic E-state index is -0.521. The van der Waals surface area contributed by atoms with Crippen LogP contribution in [0.15, 0.2) is 35.9 Å². The molecule has 2 atom stereocenters. The fourth-order valence-corrected chi connectivity index (χ4v) is 4.52. The number of Topliss-reactive ketones (excluding diaryl/α,β-unsaturated/α-hetero) is 1. The number of carbonyl (C=O) groups excluding carboxylic acids is 2. The third-order valence-corrected chi connectivity index (χ3v) is 6.13. The standard InChI is InChI=1S/C20H24FNO2S/c1-3-14-12-22(11-10-18(14)25-13(2)23)19(20(24)15-8-9-15)16-6-4-5-7-17(16)21/h3-7,15,18-19H,8-12H2,1-2H3/b14-3+. The number of likely N-dealkylation sites (tertiary alicyclic amines) is 1. The molecular formula is C20H24FNO2S. The van der Waals surface area contributed by atoms with Gasteiger partial charge >= 0.3 is 0 Å². The maximum Gasteiger partial charge on any atom is 0.186 e. The number of hydrogen-bond acceptors (Lipinski definition) is 4. The monoisotopic (exact) mass is 361 g/mol. The molecule has 1 aliphatic carbocycles. The Bertz CT molecular complexity index is 699. The lowest BCUT2D eigenvalue weighted by Gasteiger charge is -2.38. The van der Waals surface area contributed by atoms with Crippen LogP contribution in [0.25, 0.3) is 0 Å². The molecule has 134 valence electrons. The Kier molecular flexibility index (Phi) is 5.74. The normalized spacial score (nSPS) is 24.3. The summed E-state index contributed by atoms with van der Waals surface area (Å²) in [6.45, 7) is 4.86. The lowest BCUT2D eigenvalue weighted by atomic mass is 9.93. The van der Waals surface area contributed by atoms with Crippen LogP contribution in [-0.4, -0.2) is 34.1 Å². The summed E-state index contributed by atoms with van der Waals surface area (Å²) in [6, 6.07) is 6.08. The highest BCUT2D eigenvalue weighted by Gasteiger charge is 2.41. The molecule has 25 heavy (non-hydrogen) atoms. The van der Waals surface area contributed by atoms with Crippen LogP contribution >= 0.6 is 11.8 Å². The maximum absolute atomic E-state index is 14.4. The SMILES string of the molecule is C/C=C1\CN(C(C(=O)C2CC2)c2ccccc2F)CCC1SC(C)=O. The zero-order chi connectivity index (χ0) is 18.0. The molecule has 1 saturated carbocycles. The van der Waals surface area contributed by atoms with Crippen LogP contribution in [0.3, 0.4) is 0 Å². The average Bonchev–Trinajstić information content (AvgIpc) is 3.42. The summed E-state index contributed by atoms with van der Waals surface area (Å²) >= 11 is 1.35. The van der Waals surface area contributed by atoms with Crippen molar-refractivity contribution in [3.63, 3.8) is 0 Å². The van der Waals surface area contributed by atoms with E-state index < -0.39 is 6.04 Å². The van der Waals surface area contributed by atoms with Gasteiger partial charge in [0.05, 0.1) is 6.04 Å². The van der Waals surface area contributed by atoms with Crippen molar-refractivity contribution in [2.75, 3.05) is 13.1 Å². The third-order valence-electron chi connectivity index (χ3n) is 4.97. The average molecular weight is 361 g/mol. The Morgan fingerprint density at radius 3 is 2.60 bits per heavy atom. The second kappa shape index (κ2) is 7.83. The molecule has 0 amide bonds. The first kappa shape index (κ1) is 18.3. The third kappa shape index (κ3) is 4.21. The molecule has 1 aliphatic heterocycles. The predicted molar refractivity (Wildman–Crippen MR) is 98.9 cm³/mol. The first-order chi connectivity index (χ1) is 12.0. The highest BCUT2D eigenvalue weighted by Crippen LogP contribution is 2.40. The Labute approximate surface area is 152 Å². The number of hydrogen-bond donors (Lipinski definition) is 0. The highest BCUT2D eigenvalue weighted by molar-refractivity contribution is 8.14. The summed E-state index contributed by atoms with van der Waals surface area (Å²) in [5.74, 6) is -0.107. The number of nitrogens with zero attached hydrogens (tertiary/aromatic N) is 1. The highest BCUT2D eigenvalue weighted by atomic mass is 32.2. The smallest absolute Gasteiger partial charge is 0.186 e. The number of halogens is 1. The van der Waals surface area contributed by atoms with E-state index in [2.05, 4.69) is 4.90 Å². The van der Waals surface area contributed by atoms with Crippen LogP contribution in [0.1, 0.15) is 44.7 Å². The Morgan fingerprint density at radius 2 is 2.00 bits per heavy atom. The van der Waals surface area contributed by atoms with Crippen molar-refractivity contribution in [2.24, 2.45) is 5.92 Å². The van der Waals surface area contributed by atoms with Crippen LogP contribution in [0.4, 0.5) is 4.39 Å². The van der Waals surface area contributed by atoms with Gasteiger partial charge in [-0.3, -0.25) is 14.5 Å². The molecule has 2 aliphatic rings.